The molecule has 0 fully saturated rings. The average molecular weight is 358 g/mol. The topological polar surface area (TPSA) is 27.1 Å². The molecule has 0 aliphatic carbocycles. The Bertz CT molecular complexity index is 610. The maximum absolute atomic E-state index is 6.36. The molecule has 0 amide bonds. The molecule has 3 nitrogen and oxygen atoms in total. The van der Waals surface area contributed by atoms with E-state index in [1.54, 1.807) is 0 Å². The average Bonchev–Trinajstić information content (AvgIpc) is 2.74. The highest BCUT2D eigenvalue weighted by atomic mass is 79.9. The first-order valence-corrected chi connectivity index (χ1v) is 7.86. The fourth-order valence-corrected chi connectivity index (χ4v) is 2.96. The van der Waals surface area contributed by atoms with Gasteiger partial charge in [0.25, 0.3) is 0 Å². The van der Waals surface area contributed by atoms with Gasteiger partial charge in [-0.2, -0.15) is 5.10 Å². The lowest BCUT2D eigenvalue weighted by Crippen LogP contribution is -2.06. The van der Waals surface area contributed by atoms with E-state index in [0.717, 1.165) is 39.6 Å². The highest BCUT2D eigenvalue weighted by Crippen LogP contribution is 2.28. The summed E-state index contributed by atoms with van der Waals surface area (Å²) in [6, 6.07) is 6.02. The molecule has 108 valence electrons. The molecule has 0 saturated heterocycles. The number of rotatable bonds is 5. The van der Waals surface area contributed by atoms with Crippen molar-refractivity contribution >= 4 is 27.5 Å². The van der Waals surface area contributed by atoms with Crippen molar-refractivity contribution in [1.29, 1.82) is 0 Å². The lowest BCUT2D eigenvalue weighted by molar-refractivity contribution is 0.290. The molecule has 2 aromatic rings. The first-order chi connectivity index (χ1) is 9.56. The number of benzene rings is 1. The molecule has 1 aromatic carbocycles. The van der Waals surface area contributed by atoms with Crippen LogP contribution in [-0.2, 0) is 19.6 Å². The Morgan fingerprint density at radius 1 is 1.35 bits per heavy atom. The summed E-state index contributed by atoms with van der Waals surface area (Å²) in [7, 11) is 0. The first kappa shape index (κ1) is 15.4. The van der Waals surface area contributed by atoms with E-state index in [0.29, 0.717) is 6.61 Å². The molecule has 0 aliphatic heterocycles. The van der Waals surface area contributed by atoms with Gasteiger partial charge in [0.15, 0.2) is 0 Å². The fourth-order valence-electron chi connectivity index (χ4n) is 2.02. The molecule has 0 atom stereocenters. The van der Waals surface area contributed by atoms with Gasteiger partial charge in [-0.1, -0.05) is 24.6 Å². The molecule has 0 saturated carbocycles. The number of hydrogen-bond acceptors (Lipinski definition) is 2. The van der Waals surface area contributed by atoms with E-state index in [-0.39, 0.29) is 0 Å². The number of aromatic nitrogens is 2. The van der Waals surface area contributed by atoms with Gasteiger partial charge < -0.3 is 4.74 Å². The van der Waals surface area contributed by atoms with E-state index >= 15 is 0 Å². The van der Waals surface area contributed by atoms with Gasteiger partial charge in [0.05, 0.1) is 20.9 Å². The predicted octanol–water partition coefficient (Wildman–Crippen LogP) is 4.77. The van der Waals surface area contributed by atoms with Gasteiger partial charge in [-0.3, -0.25) is 4.68 Å². The maximum atomic E-state index is 6.36. The summed E-state index contributed by atoms with van der Waals surface area (Å²) in [5.74, 6) is 0.813. The highest BCUT2D eigenvalue weighted by Gasteiger charge is 2.15. The molecule has 0 unspecified atom stereocenters. The lowest BCUT2D eigenvalue weighted by atomic mass is 10.2. The maximum Gasteiger partial charge on any atom is 0.134 e. The van der Waals surface area contributed by atoms with Gasteiger partial charge in [0.1, 0.15) is 12.4 Å². The quantitative estimate of drug-likeness (QED) is 0.771. The van der Waals surface area contributed by atoms with Gasteiger partial charge in [-0.05, 0) is 53.9 Å². The van der Waals surface area contributed by atoms with Crippen molar-refractivity contribution in [2.24, 2.45) is 0 Å². The van der Waals surface area contributed by atoms with Gasteiger partial charge in [-0.15, -0.1) is 0 Å². The van der Waals surface area contributed by atoms with Crippen LogP contribution in [0, 0.1) is 6.92 Å². The molecule has 2 rings (SSSR count). The van der Waals surface area contributed by atoms with Crippen LogP contribution in [0.2, 0.25) is 5.02 Å². The van der Waals surface area contributed by atoms with Crippen molar-refractivity contribution in [1.82, 2.24) is 9.78 Å². The normalized spacial score (nSPS) is 10.8. The van der Waals surface area contributed by atoms with Crippen molar-refractivity contribution in [3.63, 3.8) is 0 Å². The summed E-state index contributed by atoms with van der Waals surface area (Å²) < 4.78 is 8.72. The van der Waals surface area contributed by atoms with Gasteiger partial charge in [0, 0.05) is 6.54 Å². The Balaban J connectivity index is 2.20. The van der Waals surface area contributed by atoms with Crippen LogP contribution in [0.4, 0.5) is 0 Å². The van der Waals surface area contributed by atoms with Crippen molar-refractivity contribution in [3.8, 4) is 5.75 Å². The van der Waals surface area contributed by atoms with Crippen molar-refractivity contribution < 1.29 is 4.74 Å². The van der Waals surface area contributed by atoms with E-state index in [1.807, 2.05) is 36.7 Å². The Kier molecular flexibility index (Phi) is 5.11. The van der Waals surface area contributed by atoms with Gasteiger partial charge in [-0.25, -0.2) is 0 Å². The molecule has 20 heavy (non-hydrogen) atoms. The Morgan fingerprint density at radius 3 is 2.70 bits per heavy atom. The van der Waals surface area contributed by atoms with Crippen LogP contribution in [-0.4, -0.2) is 9.78 Å². The second-order valence-electron chi connectivity index (χ2n) is 4.60. The van der Waals surface area contributed by atoms with Crippen LogP contribution in [0.1, 0.15) is 30.8 Å². The van der Waals surface area contributed by atoms with Crippen molar-refractivity contribution in [2.45, 2.75) is 40.3 Å². The standard InChI is InChI=1S/C15H18BrClN2O/c1-4-12-15(17)13(19(5-2)18-12)9-20-14-7-6-10(3)8-11(14)16/h6-8H,4-5,9H2,1-3H3. The summed E-state index contributed by atoms with van der Waals surface area (Å²) >= 11 is 9.88. The van der Waals surface area contributed by atoms with Gasteiger partial charge >= 0.3 is 0 Å². The van der Waals surface area contributed by atoms with Gasteiger partial charge in [0.2, 0.25) is 0 Å². The Labute approximate surface area is 133 Å². The lowest BCUT2D eigenvalue weighted by Gasteiger charge is -2.10. The fraction of sp³-hybridized carbons (Fsp3) is 0.400. The second kappa shape index (κ2) is 6.64. The van der Waals surface area contributed by atoms with Crippen molar-refractivity contribution in [2.75, 3.05) is 0 Å². The minimum Gasteiger partial charge on any atom is -0.486 e. The SMILES string of the molecule is CCc1nn(CC)c(COc2ccc(C)cc2Br)c1Cl. The number of aryl methyl sites for hydroxylation is 3. The molecular formula is C15H18BrClN2O. The summed E-state index contributed by atoms with van der Waals surface area (Å²) in [5.41, 5.74) is 3.04. The van der Waals surface area contributed by atoms with Crippen LogP contribution in [0.25, 0.3) is 0 Å². The van der Waals surface area contributed by atoms with Crippen LogP contribution in [0.5, 0.6) is 5.75 Å². The van der Waals surface area contributed by atoms with Crippen molar-refractivity contribution in [3.05, 3.63) is 44.6 Å². The van der Waals surface area contributed by atoms with Crippen LogP contribution < -0.4 is 4.74 Å². The summed E-state index contributed by atoms with van der Waals surface area (Å²) in [4.78, 5) is 0. The minimum absolute atomic E-state index is 0.418. The van der Waals surface area contributed by atoms with Crippen LogP contribution in [0.3, 0.4) is 0 Å². The molecule has 5 heteroatoms. The Hall–Kier alpha value is -1.000. The Morgan fingerprint density at radius 2 is 2.10 bits per heavy atom. The summed E-state index contributed by atoms with van der Waals surface area (Å²) in [5, 5.41) is 5.21. The summed E-state index contributed by atoms with van der Waals surface area (Å²) in [6.07, 6.45) is 0.826. The van der Waals surface area contributed by atoms with Crippen LogP contribution >= 0.6 is 27.5 Å². The summed E-state index contributed by atoms with van der Waals surface area (Å²) in [6.45, 7) is 7.35. The van der Waals surface area contributed by atoms with E-state index < -0.39 is 0 Å². The smallest absolute Gasteiger partial charge is 0.134 e. The third-order valence-corrected chi connectivity index (χ3v) is 4.20. The highest BCUT2D eigenvalue weighted by molar-refractivity contribution is 9.10. The number of halogens is 2. The molecular weight excluding hydrogens is 340 g/mol. The zero-order valence-corrected chi connectivity index (χ0v) is 14.3. The van der Waals surface area contributed by atoms with Crippen LogP contribution in [0.15, 0.2) is 22.7 Å². The zero-order valence-electron chi connectivity index (χ0n) is 11.9. The molecule has 0 N–H and O–H groups in total. The number of ether oxygens (including phenoxy) is 1. The third kappa shape index (κ3) is 3.18. The van der Waals surface area contributed by atoms with E-state index in [4.69, 9.17) is 16.3 Å². The number of hydrogen-bond donors (Lipinski definition) is 0. The largest absolute Gasteiger partial charge is 0.486 e. The molecule has 1 heterocycles. The number of nitrogens with zero attached hydrogens (tertiary/aromatic N) is 2. The molecule has 0 spiro atoms. The molecule has 0 bridgehead atoms. The minimum atomic E-state index is 0.418. The zero-order chi connectivity index (χ0) is 14.7. The monoisotopic (exact) mass is 356 g/mol. The van der Waals surface area contributed by atoms with E-state index in [9.17, 15) is 0 Å². The third-order valence-electron chi connectivity index (χ3n) is 3.15. The van der Waals surface area contributed by atoms with E-state index in [2.05, 4.69) is 28.0 Å². The molecule has 0 radical (unpaired) electrons. The first-order valence-electron chi connectivity index (χ1n) is 6.69. The second-order valence-corrected chi connectivity index (χ2v) is 5.83. The molecule has 1 aromatic heterocycles. The predicted molar refractivity (Wildman–Crippen MR) is 85.5 cm³/mol. The van der Waals surface area contributed by atoms with E-state index in [1.165, 1.54) is 5.56 Å². The molecule has 0 aliphatic rings.